The molecule has 2 fully saturated rings. The number of aryl methyl sites for hydroxylation is 1. The monoisotopic (exact) mass is 335 g/mol. The summed E-state index contributed by atoms with van der Waals surface area (Å²) in [6, 6.07) is 3.60. The molecule has 0 spiro atoms. The van der Waals surface area contributed by atoms with Crippen LogP contribution >= 0.6 is 11.3 Å². The summed E-state index contributed by atoms with van der Waals surface area (Å²) in [6.07, 6.45) is 0.714. The number of carbonyl (C=O) groups excluding carboxylic acids is 2. The molecule has 0 unspecified atom stereocenters. The second-order valence-electron chi connectivity index (χ2n) is 6.99. The average Bonchev–Trinajstić information content (AvgIpc) is 2.89. The SMILES string of the molecule is Cc1ccc(CN2CCN3C(=O)[C@@H](CC(C)C)NC(=O)[C@H]3C2)s1. The van der Waals surface area contributed by atoms with Gasteiger partial charge in [0.15, 0.2) is 0 Å². The summed E-state index contributed by atoms with van der Waals surface area (Å²) < 4.78 is 0. The number of hydrogen-bond donors (Lipinski definition) is 1. The molecule has 2 atom stereocenters. The van der Waals surface area contributed by atoms with E-state index in [1.165, 1.54) is 9.75 Å². The predicted octanol–water partition coefficient (Wildman–Crippen LogP) is 1.61. The van der Waals surface area contributed by atoms with Crippen molar-refractivity contribution >= 4 is 23.2 Å². The van der Waals surface area contributed by atoms with Gasteiger partial charge in [0.1, 0.15) is 12.1 Å². The molecule has 0 saturated carbocycles. The lowest BCUT2D eigenvalue weighted by Crippen LogP contribution is -2.69. The molecule has 0 radical (unpaired) electrons. The first-order chi connectivity index (χ1) is 10.9. The molecule has 23 heavy (non-hydrogen) atoms. The number of nitrogens with one attached hydrogen (secondary N) is 1. The number of nitrogens with zero attached hydrogens (tertiary/aromatic N) is 2. The summed E-state index contributed by atoms with van der Waals surface area (Å²) in [5.41, 5.74) is 0. The van der Waals surface area contributed by atoms with E-state index in [0.29, 0.717) is 25.4 Å². The van der Waals surface area contributed by atoms with Crippen molar-refractivity contribution in [1.82, 2.24) is 15.1 Å². The van der Waals surface area contributed by atoms with Gasteiger partial charge in [0.25, 0.3) is 0 Å². The van der Waals surface area contributed by atoms with Gasteiger partial charge in [-0.2, -0.15) is 0 Å². The van der Waals surface area contributed by atoms with E-state index in [-0.39, 0.29) is 23.9 Å². The molecule has 126 valence electrons. The van der Waals surface area contributed by atoms with E-state index in [4.69, 9.17) is 0 Å². The fourth-order valence-corrected chi connectivity index (χ4v) is 4.36. The van der Waals surface area contributed by atoms with Gasteiger partial charge in [-0.15, -0.1) is 11.3 Å². The topological polar surface area (TPSA) is 52.6 Å². The van der Waals surface area contributed by atoms with Crippen LogP contribution < -0.4 is 5.32 Å². The number of carbonyl (C=O) groups is 2. The van der Waals surface area contributed by atoms with Crippen LogP contribution in [0.3, 0.4) is 0 Å². The summed E-state index contributed by atoms with van der Waals surface area (Å²) in [4.78, 5) is 31.7. The number of fused-ring (bicyclic) bond motifs is 1. The smallest absolute Gasteiger partial charge is 0.245 e. The quantitative estimate of drug-likeness (QED) is 0.910. The number of hydrogen-bond acceptors (Lipinski definition) is 4. The van der Waals surface area contributed by atoms with Gasteiger partial charge < -0.3 is 10.2 Å². The Labute approximate surface area is 141 Å². The first-order valence-corrected chi connectivity index (χ1v) is 9.14. The highest BCUT2D eigenvalue weighted by Crippen LogP contribution is 2.22. The summed E-state index contributed by atoms with van der Waals surface area (Å²) in [5.74, 6) is 0.487. The molecule has 0 bridgehead atoms. The van der Waals surface area contributed by atoms with E-state index in [1.807, 2.05) is 0 Å². The minimum absolute atomic E-state index is 0.00214. The Morgan fingerprint density at radius 1 is 1.30 bits per heavy atom. The van der Waals surface area contributed by atoms with Gasteiger partial charge >= 0.3 is 0 Å². The normalized spacial score (nSPS) is 25.7. The van der Waals surface area contributed by atoms with Crippen molar-refractivity contribution in [3.8, 4) is 0 Å². The molecule has 0 aromatic carbocycles. The van der Waals surface area contributed by atoms with E-state index in [2.05, 4.69) is 43.1 Å². The van der Waals surface area contributed by atoms with Crippen LogP contribution in [0.2, 0.25) is 0 Å². The van der Waals surface area contributed by atoms with Crippen molar-refractivity contribution in [2.45, 2.75) is 45.8 Å². The number of rotatable bonds is 4. The summed E-state index contributed by atoms with van der Waals surface area (Å²) >= 11 is 1.80. The molecule has 3 heterocycles. The zero-order valence-corrected chi connectivity index (χ0v) is 14.9. The van der Waals surface area contributed by atoms with Crippen LogP contribution in [0.1, 0.15) is 30.0 Å². The fraction of sp³-hybridized carbons (Fsp3) is 0.647. The van der Waals surface area contributed by atoms with Crippen molar-refractivity contribution < 1.29 is 9.59 Å². The van der Waals surface area contributed by atoms with Crippen LogP contribution in [0, 0.1) is 12.8 Å². The van der Waals surface area contributed by atoms with Crippen molar-refractivity contribution in [3.05, 3.63) is 21.9 Å². The highest BCUT2D eigenvalue weighted by atomic mass is 32.1. The first-order valence-electron chi connectivity index (χ1n) is 8.32. The minimum atomic E-state index is -0.342. The number of thiophene rings is 1. The van der Waals surface area contributed by atoms with Gasteiger partial charge in [0, 0.05) is 35.9 Å². The van der Waals surface area contributed by atoms with E-state index in [0.717, 1.165) is 13.1 Å². The summed E-state index contributed by atoms with van der Waals surface area (Å²) in [6.45, 7) is 9.23. The third-order valence-corrected chi connectivity index (χ3v) is 5.53. The van der Waals surface area contributed by atoms with Gasteiger partial charge in [0.2, 0.25) is 11.8 Å². The van der Waals surface area contributed by atoms with Crippen LogP contribution in [-0.2, 0) is 16.1 Å². The van der Waals surface area contributed by atoms with E-state index in [9.17, 15) is 9.59 Å². The van der Waals surface area contributed by atoms with Crippen molar-refractivity contribution in [2.75, 3.05) is 19.6 Å². The molecule has 1 aromatic heterocycles. The predicted molar refractivity (Wildman–Crippen MR) is 91.2 cm³/mol. The molecular formula is C17H25N3O2S. The van der Waals surface area contributed by atoms with Crippen LogP contribution in [0.25, 0.3) is 0 Å². The maximum absolute atomic E-state index is 12.6. The van der Waals surface area contributed by atoms with Crippen LogP contribution in [0.5, 0.6) is 0 Å². The lowest BCUT2D eigenvalue weighted by atomic mass is 9.97. The molecule has 2 amide bonds. The standard InChI is InChI=1S/C17H25N3O2S/c1-11(2)8-14-17(22)20-7-6-19(10-15(20)16(21)18-14)9-13-5-4-12(3)23-13/h4-5,11,14-15H,6-10H2,1-3H3,(H,18,21)/t14-,15-/m1/s1. The summed E-state index contributed by atoms with van der Waals surface area (Å²) in [7, 11) is 0. The Balaban J connectivity index is 1.65. The van der Waals surface area contributed by atoms with Gasteiger partial charge in [-0.05, 0) is 31.4 Å². The van der Waals surface area contributed by atoms with E-state index >= 15 is 0 Å². The molecule has 2 aliphatic heterocycles. The van der Waals surface area contributed by atoms with E-state index in [1.54, 1.807) is 16.2 Å². The molecule has 3 rings (SSSR count). The molecule has 5 nitrogen and oxygen atoms in total. The summed E-state index contributed by atoms with van der Waals surface area (Å²) in [5, 5.41) is 2.93. The zero-order valence-electron chi connectivity index (χ0n) is 14.0. The third kappa shape index (κ3) is 3.58. The van der Waals surface area contributed by atoms with Crippen LogP contribution in [-0.4, -0.2) is 53.3 Å². The van der Waals surface area contributed by atoms with Gasteiger partial charge in [-0.1, -0.05) is 13.8 Å². The number of amides is 2. The Morgan fingerprint density at radius 3 is 2.74 bits per heavy atom. The third-order valence-electron chi connectivity index (χ3n) is 4.55. The Kier molecular flexibility index (Phi) is 4.73. The maximum Gasteiger partial charge on any atom is 0.245 e. The van der Waals surface area contributed by atoms with Crippen molar-refractivity contribution in [1.29, 1.82) is 0 Å². The molecular weight excluding hydrogens is 310 g/mol. The van der Waals surface area contributed by atoms with Crippen molar-refractivity contribution in [3.63, 3.8) is 0 Å². The van der Waals surface area contributed by atoms with Gasteiger partial charge in [-0.3, -0.25) is 14.5 Å². The average molecular weight is 335 g/mol. The van der Waals surface area contributed by atoms with Gasteiger partial charge in [0.05, 0.1) is 0 Å². The Morgan fingerprint density at radius 2 is 2.09 bits per heavy atom. The highest BCUT2D eigenvalue weighted by molar-refractivity contribution is 7.11. The van der Waals surface area contributed by atoms with E-state index < -0.39 is 0 Å². The number of piperazine rings is 2. The Hall–Kier alpha value is -1.40. The second kappa shape index (κ2) is 6.61. The van der Waals surface area contributed by atoms with Crippen LogP contribution in [0.15, 0.2) is 12.1 Å². The Bertz CT molecular complexity index is 598. The molecule has 1 N–H and O–H groups in total. The van der Waals surface area contributed by atoms with Crippen LogP contribution in [0.4, 0.5) is 0 Å². The fourth-order valence-electron chi connectivity index (χ4n) is 3.42. The highest BCUT2D eigenvalue weighted by Gasteiger charge is 2.43. The minimum Gasteiger partial charge on any atom is -0.342 e. The lowest BCUT2D eigenvalue weighted by Gasteiger charge is -2.45. The lowest BCUT2D eigenvalue weighted by molar-refractivity contribution is -0.153. The molecule has 2 saturated heterocycles. The molecule has 1 aromatic rings. The molecule has 2 aliphatic rings. The zero-order chi connectivity index (χ0) is 16.6. The van der Waals surface area contributed by atoms with Gasteiger partial charge in [-0.25, -0.2) is 0 Å². The maximum atomic E-state index is 12.6. The molecule has 0 aliphatic carbocycles. The largest absolute Gasteiger partial charge is 0.342 e. The first kappa shape index (κ1) is 16.5. The van der Waals surface area contributed by atoms with Crippen molar-refractivity contribution in [2.24, 2.45) is 5.92 Å². The molecule has 6 heteroatoms. The second-order valence-corrected chi connectivity index (χ2v) is 8.36.